The summed E-state index contributed by atoms with van der Waals surface area (Å²) in [7, 11) is 0. The minimum absolute atomic E-state index is 0.198. The van der Waals surface area contributed by atoms with Crippen molar-refractivity contribution in [3.63, 3.8) is 0 Å². The number of urea groups is 1. The minimum Gasteiger partial charge on any atom is -0.325 e. The summed E-state index contributed by atoms with van der Waals surface area (Å²) in [5, 5.41) is 3.28. The van der Waals surface area contributed by atoms with Crippen LogP contribution >= 0.6 is 11.6 Å². The molecular weight excluding hydrogens is 252 g/mol. The van der Waals surface area contributed by atoms with Gasteiger partial charge in [-0.3, -0.25) is 4.79 Å². The maximum absolute atomic E-state index is 12.1. The SMILES string of the molecule is CC(C)CC1NC(=O)N(c2ccc(Cl)cc2)C1=O. The summed E-state index contributed by atoms with van der Waals surface area (Å²) in [5.74, 6) is 0.153. The highest BCUT2D eigenvalue weighted by Crippen LogP contribution is 2.23. The summed E-state index contributed by atoms with van der Waals surface area (Å²) in [6.45, 7) is 4.04. The second kappa shape index (κ2) is 4.98. The van der Waals surface area contributed by atoms with Gasteiger partial charge in [0.2, 0.25) is 0 Å². The maximum atomic E-state index is 12.1. The number of halogens is 1. The number of hydrogen-bond donors (Lipinski definition) is 1. The van der Waals surface area contributed by atoms with E-state index in [2.05, 4.69) is 5.32 Å². The van der Waals surface area contributed by atoms with Crippen LogP contribution in [0.1, 0.15) is 20.3 Å². The Hall–Kier alpha value is -1.55. The lowest BCUT2D eigenvalue weighted by Crippen LogP contribution is -2.31. The lowest BCUT2D eigenvalue weighted by atomic mass is 10.0. The van der Waals surface area contributed by atoms with Crippen LogP contribution in [-0.2, 0) is 4.79 Å². The third-order valence-electron chi connectivity index (χ3n) is 2.81. The Labute approximate surface area is 111 Å². The number of amides is 3. The molecule has 1 aliphatic heterocycles. The zero-order valence-electron chi connectivity index (χ0n) is 10.3. The Bertz CT molecular complexity index is 470. The standard InChI is InChI=1S/C13H15ClN2O2/c1-8(2)7-11-12(17)16(13(18)15-11)10-5-3-9(14)4-6-10/h3-6,8,11H,7H2,1-2H3,(H,15,18). The van der Waals surface area contributed by atoms with Crippen molar-refractivity contribution in [3.8, 4) is 0 Å². The van der Waals surface area contributed by atoms with Crippen LogP contribution in [0.15, 0.2) is 24.3 Å². The predicted octanol–water partition coefficient (Wildman–Crippen LogP) is 2.81. The molecule has 1 aromatic carbocycles. The smallest absolute Gasteiger partial charge is 0.325 e. The zero-order chi connectivity index (χ0) is 13.3. The van der Waals surface area contributed by atoms with Crippen molar-refractivity contribution < 1.29 is 9.59 Å². The van der Waals surface area contributed by atoms with Crippen LogP contribution in [0.25, 0.3) is 0 Å². The van der Waals surface area contributed by atoms with E-state index in [-0.39, 0.29) is 11.9 Å². The van der Waals surface area contributed by atoms with Crippen LogP contribution in [-0.4, -0.2) is 18.0 Å². The monoisotopic (exact) mass is 266 g/mol. The van der Waals surface area contributed by atoms with Gasteiger partial charge in [-0.15, -0.1) is 0 Å². The van der Waals surface area contributed by atoms with Crippen LogP contribution in [0.2, 0.25) is 5.02 Å². The van der Waals surface area contributed by atoms with Crippen molar-refractivity contribution in [1.82, 2.24) is 5.32 Å². The molecule has 1 unspecified atom stereocenters. The number of imide groups is 1. The fourth-order valence-electron chi connectivity index (χ4n) is 2.00. The lowest BCUT2D eigenvalue weighted by Gasteiger charge is -2.13. The number of nitrogens with zero attached hydrogens (tertiary/aromatic N) is 1. The van der Waals surface area contributed by atoms with Gasteiger partial charge in [-0.2, -0.15) is 0 Å². The largest absolute Gasteiger partial charge is 0.329 e. The molecule has 4 nitrogen and oxygen atoms in total. The molecule has 96 valence electrons. The average Bonchev–Trinajstić information content (AvgIpc) is 2.55. The second-order valence-corrected chi connectivity index (χ2v) is 5.22. The molecule has 0 saturated carbocycles. The lowest BCUT2D eigenvalue weighted by molar-refractivity contribution is -0.118. The van der Waals surface area contributed by atoms with E-state index in [0.717, 1.165) is 0 Å². The molecular formula is C13H15ClN2O2. The molecule has 0 aromatic heterocycles. The normalized spacial score (nSPS) is 19.6. The molecule has 1 fully saturated rings. The van der Waals surface area contributed by atoms with Gasteiger partial charge >= 0.3 is 6.03 Å². The Morgan fingerprint density at radius 3 is 2.44 bits per heavy atom. The van der Waals surface area contributed by atoms with Crippen LogP contribution in [0, 0.1) is 5.92 Å². The summed E-state index contributed by atoms with van der Waals surface area (Å²) in [4.78, 5) is 25.1. The molecule has 1 aromatic rings. The number of carbonyl (C=O) groups is 2. The van der Waals surface area contributed by atoms with Crippen molar-refractivity contribution in [2.45, 2.75) is 26.3 Å². The summed E-state index contributed by atoms with van der Waals surface area (Å²) in [5.41, 5.74) is 0.549. The number of anilines is 1. The molecule has 18 heavy (non-hydrogen) atoms. The van der Waals surface area contributed by atoms with Gasteiger partial charge in [0, 0.05) is 5.02 Å². The van der Waals surface area contributed by atoms with Gasteiger partial charge in [-0.25, -0.2) is 9.69 Å². The third kappa shape index (κ3) is 2.48. The molecule has 1 heterocycles. The Morgan fingerprint density at radius 1 is 1.28 bits per heavy atom. The summed E-state index contributed by atoms with van der Waals surface area (Å²) in [6, 6.07) is 5.86. The summed E-state index contributed by atoms with van der Waals surface area (Å²) >= 11 is 5.78. The zero-order valence-corrected chi connectivity index (χ0v) is 11.1. The fourth-order valence-corrected chi connectivity index (χ4v) is 2.12. The molecule has 1 N–H and O–H groups in total. The molecule has 0 radical (unpaired) electrons. The molecule has 2 rings (SSSR count). The van der Waals surface area contributed by atoms with Crippen LogP contribution < -0.4 is 10.2 Å². The summed E-state index contributed by atoms with van der Waals surface area (Å²) < 4.78 is 0. The first-order valence-electron chi connectivity index (χ1n) is 5.89. The molecule has 1 atom stereocenters. The van der Waals surface area contributed by atoms with Gasteiger partial charge in [0.25, 0.3) is 5.91 Å². The van der Waals surface area contributed by atoms with Gasteiger partial charge in [0.05, 0.1) is 5.69 Å². The van der Waals surface area contributed by atoms with Crippen molar-refractivity contribution in [2.24, 2.45) is 5.92 Å². The van der Waals surface area contributed by atoms with E-state index >= 15 is 0 Å². The van der Waals surface area contributed by atoms with Crippen molar-refractivity contribution >= 4 is 29.2 Å². The van der Waals surface area contributed by atoms with E-state index in [4.69, 9.17) is 11.6 Å². The molecule has 5 heteroatoms. The van der Waals surface area contributed by atoms with E-state index in [0.29, 0.717) is 23.0 Å². The number of benzene rings is 1. The first-order valence-corrected chi connectivity index (χ1v) is 6.27. The minimum atomic E-state index is -0.423. The number of hydrogen-bond acceptors (Lipinski definition) is 2. The van der Waals surface area contributed by atoms with Gasteiger partial charge in [-0.1, -0.05) is 25.4 Å². The first-order chi connectivity index (χ1) is 8.49. The average molecular weight is 267 g/mol. The first kappa shape index (κ1) is 12.9. The molecule has 0 bridgehead atoms. The van der Waals surface area contributed by atoms with Gasteiger partial charge in [0.15, 0.2) is 0 Å². The Balaban J connectivity index is 2.21. The molecule has 0 aliphatic carbocycles. The second-order valence-electron chi connectivity index (χ2n) is 4.78. The van der Waals surface area contributed by atoms with E-state index in [9.17, 15) is 9.59 Å². The van der Waals surface area contributed by atoms with E-state index in [1.54, 1.807) is 24.3 Å². The van der Waals surface area contributed by atoms with E-state index < -0.39 is 6.04 Å². The fraction of sp³-hybridized carbons (Fsp3) is 0.385. The number of nitrogens with one attached hydrogen (secondary N) is 1. The molecule has 1 aliphatic rings. The third-order valence-corrected chi connectivity index (χ3v) is 3.06. The van der Waals surface area contributed by atoms with Crippen LogP contribution in [0.3, 0.4) is 0 Å². The van der Waals surface area contributed by atoms with Gasteiger partial charge < -0.3 is 5.32 Å². The number of rotatable bonds is 3. The predicted molar refractivity (Wildman–Crippen MR) is 70.7 cm³/mol. The molecule has 0 spiro atoms. The highest BCUT2D eigenvalue weighted by atomic mass is 35.5. The molecule has 3 amide bonds. The topological polar surface area (TPSA) is 49.4 Å². The van der Waals surface area contributed by atoms with E-state index in [1.807, 2.05) is 13.8 Å². The highest BCUT2D eigenvalue weighted by Gasteiger charge is 2.38. The maximum Gasteiger partial charge on any atom is 0.329 e. The van der Waals surface area contributed by atoms with Crippen molar-refractivity contribution in [2.75, 3.05) is 4.90 Å². The number of carbonyl (C=O) groups excluding carboxylic acids is 2. The highest BCUT2D eigenvalue weighted by molar-refractivity contribution is 6.30. The van der Waals surface area contributed by atoms with Crippen molar-refractivity contribution in [1.29, 1.82) is 0 Å². The van der Waals surface area contributed by atoms with Crippen LogP contribution in [0.4, 0.5) is 10.5 Å². The quantitative estimate of drug-likeness (QED) is 0.856. The van der Waals surface area contributed by atoms with Gasteiger partial charge in [0.1, 0.15) is 6.04 Å². The Morgan fingerprint density at radius 2 is 1.89 bits per heavy atom. The summed E-state index contributed by atoms with van der Waals surface area (Å²) in [6.07, 6.45) is 0.647. The Kier molecular flexibility index (Phi) is 3.57. The van der Waals surface area contributed by atoms with Gasteiger partial charge in [-0.05, 0) is 36.6 Å². The van der Waals surface area contributed by atoms with E-state index in [1.165, 1.54) is 4.90 Å². The van der Waals surface area contributed by atoms with Crippen LogP contribution in [0.5, 0.6) is 0 Å². The van der Waals surface area contributed by atoms with Crippen molar-refractivity contribution in [3.05, 3.63) is 29.3 Å². The molecule has 1 saturated heterocycles.